The molecule has 12 nitrogen and oxygen atoms in total. The molecule has 0 radical (unpaired) electrons. The lowest BCUT2D eigenvalue weighted by molar-refractivity contribution is 0.0707. The van der Waals surface area contributed by atoms with Gasteiger partial charge in [0.15, 0.2) is 11.4 Å². The van der Waals surface area contributed by atoms with Gasteiger partial charge in [0.2, 0.25) is 0 Å². The SMILES string of the molecule is O=C(c1n[nH]c2c1CN(C(=O)c1nccn(Cc3ccc(F)cc3)c1=O)C2)N1CCc2c(nc[nH]c2=O)C1. The van der Waals surface area contributed by atoms with E-state index in [-0.39, 0.29) is 54.9 Å². The molecule has 2 aliphatic heterocycles. The van der Waals surface area contributed by atoms with Crippen LogP contribution in [0.5, 0.6) is 0 Å². The number of aromatic amines is 2. The Bertz CT molecular complexity index is 1690. The second kappa shape index (κ2) is 9.18. The van der Waals surface area contributed by atoms with Crippen molar-refractivity contribution in [3.05, 3.63) is 109 Å². The highest BCUT2D eigenvalue weighted by atomic mass is 19.1. The van der Waals surface area contributed by atoms with Crippen LogP contribution in [0.3, 0.4) is 0 Å². The quantitative estimate of drug-likeness (QED) is 0.403. The summed E-state index contributed by atoms with van der Waals surface area (Å²) in [7, 11) is 0. The van der Waals surface area contributed by atoms with E-state index in [1.165, 1.54) is 40.3 Å². The number of benzene rings is 1. The second-order valence-electron chi connectivity index (χ2n) is 9.16. The monoisotopic (exact) mass is 516 g/mol. The van der Waals surface area contributed by atoms with Gasteiger partial charge in [0.05, 0.1) is 43.9 Å². The number of carbonyl (C=O) groups excluding carboxylic acids is 2. The molecular weight excluding hydrogens is 495 g/mol. The summed E-state index contributed by atoms with van der Waals surface area (Å²) in [5, 5.41) is 7.02. The first kappa shape index (κ1) is 23.5. The van der Waals surface area contributed by atoms with Gasteiger partial charge in [-0.1, -0.05) is 12.1 Å². The van der Waals surface area contributed by atoms with Crippen LogP contribution in [0.1, 0.15) is 49.1 Å². The van der Waals surface area contributed by atoms with E-state index < -0.39 is 11.5 Å². The molecule has 0 saturated carbocycles. The summed E-state index contributed by atoms with van der Waals surface area (Å²) < 4.78 is 14.6. The van der Waals surface area contributed by atoms with E-state index in [4.69, 9.17) is 0 Å². The molecule has 0 spiro atoms. The number of nitrogens with one attached hydrogen (secondary N) is 2. The Labute approximate surface area is 213 Å². The molecule has 38 heavy (non-hydrogen) atoms. The minimum absolute atomic E-state index is 0.0854. The van der Waals surface area contributed by atoms with Gasteiger partial charge in [-0.2, -0.15) is 5.10 Å². The number of fused-ring (bicyclic) bond motifs is 2. The molecular formula is C25H21FN8O4. The Kier molecular flexibility index (Phi) is 5.66. The van der Waals surface area contributed by atoms with Crippen LogP contribution in [0, 0.1) is 5.82 Å². The predicted octanol–water partition coefficient (Wildman–Crippen LogP) is 0.592. The summed E-state index contributed by atoms with van der Waals surface area (Å²) in [5.41, 5.74) is 2.17. The first-order valence-electron chi connectivity index (χ1n) is 11.9. The largest absolute Gasteiger partial charge is 0.331 e. The summed E-state index contributed by atoms with van der Waals surface area (Å²) in [4.78, 5) is 65.3. The van der Waals surface area contributed by atoms with E-state index in [1.54, 1.807) is 17.0 Å². The zero-order valence-corrected chi connectivity index (χ0v) is 20.0. The Hall–Kier alpha value is -4.94. The van der Waals surface area contributed by atoms with Crippen molar-refractivity contribution in [1.82, 2.24) is 39.5 Å². The molecule has 4 aromatic rings. The van der Waals surface area contributed by atoms with Crippen LogP contribution in [-0.2, 0) is 32.6 Å². The van der Waals surface area contributed by atoms with Crippen molar-refractivity contribution >= 4 is 11.8 Å². The third kappa shape index (κ3) is 4.07. The van der Waals surface area contributed by atoms with E-state index in [0.717, 1.165) is 0 Å². The summed E-state index contributed by atoms with van der Waals surface area (Å²) in [6.45, 7) is 0.907. The van der Waals surface area contributed by atoms with E-state index in [2.05, 4.69) is 25.1 Å². The Morgan fingerprint density at radius 3 is 2.55 bits per heavy atom. The number of hydrogen-bond acceptors (Lipinski definition) is 7. The fourth-order valence-electron chi connectivity index (χ4n) is 4.80. The number of aromatic nitrogens is 6. The van der Waals surface area contributed by atoms with Gasteiger partial charge in [-0.25, -0.2) is 14.4 Å². The Morgan fingerprint density at radius 1 is 0.947 bits per heavy atom. The average Bonchev–Trinajstić information content (AvgIpc) is 3.52. The molecule has 5 heterocycles. The number of halogens is 1. The fourth-order valence-corrected chi connectivity index (χ4v) is 4.80. The van der Waals surface area contributed by atoms with E-state index >= 15 is 0 Å². The van der Waals surface area contributed by atoms with Crippen LogP contribution in [0.2, 0.25) is 0 Å². The molecule has 2 N–H and O–H groups in total. The lowest BCUT2D eigenvalue weighted by atomic mass is 10.1. The van der Waals surface area contributed by atoms with Crippen LogP contribution in [0.25, 0.3) is 0 Å². The van der Waals surface area contributed by atoms with Gasteiger partial charge < -0.3 is 19.4 Å². The molecule has 0 bridgehead atoms. The van der Waals surface area contributed by atoms with E-state index in [0.29, 0.717) is 41.0 Å². The van der Waals surface area contributed by atoms with Gasteiger partial charge in [0, 0.05) is 30.1 Å². The molecule has 3 aromatic heterocycles. The molecule has 2 amide bonds. The van der Waals surface area contributed by atoms with Crippen molar-refractivity contribution < 1.29 is 14.0 Å². The van der Waals surface area contributed by atoms with Crippen molar-refractivity contribution in [2.24, 2.45) is 0 Å². The average molecular weight is 516 g/mol. The maximum atomic E-state index is 13.3. The standard InChI is InChI=1S/C25H21FN8O4/c26-15-3-1-14(2-4-15)9-33-8-6-27-21(24(33)37)25(38)34-10-17-19(12-34)30-31-20(17)23(36)32-7-5-16-18(11-32)28-13-29-22(16)35/h1-4,6,8,13H,5,7,9-12H2,(H,30,31)(H,28,29,35). The molecule has 0 fully saturated rings. The number of amides is 2. The highest BCUT2D eigenvalue weighted by Gasteiger charge is 2.35. The lowest BCUT2D eigenvalue weighted by Gasteiger charge is -2.27. The van der Waals surface area contributed by atoms with Crippen LogP contribution >= 0.6 is 0 Å². The van der Waals surface area contributed by atoms with Crippen molar-refractivity contribution in [1.29, 1.82) is 0 Å². The molecule has 13 heteroatoms. The van der Waals surface area contributed by atoms with Crippen molar-refractivity contribution in [2.75, 3.05) is 6.54 Å². The highest BCUT2D eigenvalue weighted by molar-refractivity contribution is 5.96. The van der Waals surface area contributed by atoms with Crippen molar-refractivity contribution in [3.8, 4) is 0 Å². The summed E-state index contributed by atoms with van der Waals surface area (Å²) in [6, 6.07) is 5.74. The topological polar surface area (TPSA) is 150 Å². The molecule has 2 aliphatic rings. The molecule has 0 unspecified atom stereocenters. The van der Waals surface area contributed by atoms with Crippen LogP contribution < -0.4 is 11.1 Å². The van der Waals surface area contributed by atoms with Gasteiger partial charge in [0.1, 0.15) is 5.82 Å². The fraction of sp³-hybridized carbons (Fsp3) is 0.240. The zero-order chi connectivity index (χ0) is 26.4. The number of carbonyl (C=O) groups is 2. The van der Waals surface area contributed by atoms with Gasteiger partial charge in [-0.05, 0) is 24.1 Å². The van der Waals surface area contributed by atoms with Crippen LogP contribution in [0.15, 0.2) is 52.6 Å². The lowest BCUT2D eigenvalue weighted by Crippen LogP contribution is -2.39. The summed E-state index contributed by atoms with van der Waals surface area (Å²) >= 11 is 0. The minimum atomic E-state index is -0.568. The molecule has 192 valence electrons. The Balaban J connectivity index is 1.19. The predicted molar refractivity (Wildman–Crippen MR) is 129 cm³/mol. The van der Waals surface area contributed by atoms with Crippen molar-refractivity contribution in [2.45, 2.75) is 32.6 Å². The number of nitrogens with zero attached hydrogens (tertiary/aromatic N) is 6. The molecule has 1 aromatic carbocycles. The maximum Gasteiger partial charge on any atom is 0.282 e. The molecule has 0 saturated heterocycles. The van der Waals surface area contributed by atoms with E-state index in [1.807, 2.05) is 0 Å². The van der Waals surface area contributed by atoms with Gasteiger partial charge in [0.25, 0.3) is 22.9 Å². The summed E-state index contributed by atoms with van der Waals surface area (Å²) in [5.74, 6) is -1.28. The molecule has 0 aliphatic carbocycles. The minimum Gasteiger partial charge on any atom is -0.331 e. The number of hydrogen-bond donors (Lipinski definition) is 2. The summed E-state index contributed by atoms with van der Waals surface area (Å²) in [6.07, 6.45) is 4.54. The first-order valence-corrected chi connectivity index (χ1v) is 11.9. The number of H-pyrrole nitrogens is 2. The smallest absolute Gasteiger partial charge is 0.282 e. The van der Waals surface area contributed by atoms with Gasteiger partial charge in [-0.15, -0.1) is 0 Å². The Morgan fingerprint density at radius 2 is 1.74 bits per heavy atom. The normalized spacial score (nSPS) is 14.3. The van der Waals surface area contributed by atoms with Crippen LogP contribution in [0.4, 0.5) is 4.39 Å². The van der Waals surface area contributed by atoms with Crippen molar-refractivity contribution in [3.63, 3.8) is 0 Å². The zero-order valence-electron chi connectivity index (χ0n) is 20.0. The first-order chi connectivity index (χ1) is 18.4. The third-order valence-corrected chi connectivity index (χ3v) is 6.82. The highest BCUT2D eigenvalue weighted by Crippen LogP contribution is 2.26. The van der Waals surface area contributed by atoms with E-state index in [9.17, 15) is 23.6 Å². The van der Waals surface area contributed by atoms with Gasteiger partial charge >= 0.3 is 0 Å². The maximum absolute atomic E-state index is 13.3. The van der Waals surface area contributed by atoms with Crippen LogP contribution in [-0.4, -0.2) is 57.9 Å². The second-order valence-corrected chi connectivity index (χ2v) is 9.16. The number of rotatable bonds is 4. The van der Waals surface area contributed by atoms with Gasteiger partial charge in [-0.3, -0.25) is 24.3 Å². The molecule has 6 rings (SSSR count). The molecule has 0 atom stereocenters. The third-order valence-electron chi connectivity index (χ3n) is 6.82.